The van der Waals surface area contributed by atoms with Gasteiger partial charge in [0.05, 0.1) is 17.5 Å². The molecule has 1 amide bonds. The molecule has 2 rings (SSSR count). The maximum absolute atomic E-state index is 12.3. The van der Waals surface area contributed by atoms with Crippen molar-refractivity contribution in [2.45, 2.75) is 45.7 Å². The first-order chi connectivity index (χ1) is 10.1. The molecular formula is C14H24N4O3S. The molecule has 1 aromatic rings. The zero-order valence-corrected chi connectivity index (χ0v) is 14.3. The van der Waals surface area contributed by atoms with Crippen LogP contribution in [0, 0.1) is 5.41 Å². The molecule has 124 valence electrons. The number of aromatic nitrogens is 2. The van der Waals surface area contributed by atoms with Gasteiger partial charge in [0.1, 0.15) is 0 Å². The highest BCUT2D eigenvalue weighted by atomic mass is 32.2. The van der Waals surface area contributed by atoms with Crippen LogP contribution in [-0.4, -0.2) is 35.9 Å². The van der Waals surface area contributed by atoms with E-state index in [9.17, 15) is 13.2 Å². The monoisotopic (exact) mass is 328 g/mol. The van der Waals surface area contributed by atoms with Gasteiger partial charge in [0.15, 0.2) is 0 Å². The Morgan fingerprint density at radius 1 is 1.45 bits per heavy atom. The Bertz CT molecular complexity index is 645. The van der Waals surface area contributed by atoms with Gasteiger partial charge in [-0.1, -0.05) is 20.8 Å². The third-order valence-corrected chi connectivity index (χ3v) is 5.44. The van der Waals surface area contributed by atoms with Gasteiger partial charge in [0, 0.05) is 25.7 Å². The summed E-state index contributed by atoms with van der Waals surface area (Å²) in [5.74, 6) is -0.0276. The van der Waals surface area contributed by atoms with E-state index in [1.54, 1.807) is 24.0 Å². The molecule has 0 saturated carbocycles. The van der Waals surface area contributed by atoms with Gasteiger partial charge in [-0.25, -0.2) is 13.1 Å². The summed E-state index contributed by atoms with van der Waals surface area (Å²) in [4.78, 5) is 11.7. The van der Waals surface area contributed by atoms with Gasteiger partial charge in [0.2, 0.25) is 15.9 Å². The second-order valence-corrected chi connectivity index (χ2v) is 8.76. The molecule has 0 aromatic carbocycles. The van der Waals surface area contributed by atoms with E-state index >= 15 is 0 Å². The van der Waals surface area contributed by atoms with Gasteiger partial charge in [-0.15, -0.1) is 0 Å². The molecule has 2 atom stereocenters. The predicted octanol–water partition coefficient (Wildman–Crippen LogP) is 0.705. The van der Waals surface area contributed by atoms with Gasteiger partial charge in [-0.2, -0.15) is 5.10 Å². The highest BCUT2D eigenvalue weighted by Gasteiger charge is 2.35. The van der Waals surface area contributed by atoms with E-state index in [0.29, 0.717) is 12.8 Å². The van der Waals surface area contributed by atoms with Crippen molar-refractivity contribution in [3.05, 3.63) is 18.0 Å². The lowest BCUT2D eigenvalue weighted by Gasteiger charge is -2.33. The van der Waals surface area contributed by atoms with E-state index in [0.717, 1.165) is 5.69 Å². The van der Waals surface area contributed by atoms with Gasteiger partial charge in [0.25, 0.3) is 0 Å². The summed E-state index contributed by atoms with van der Waals surface area (Å²) in [5.41, 5.74) is 0.461. The minimum absolute atomic E-state index is 0.0442. The number of nitrogens with zero attached hydrogens (tertiary/aromatic N) is 2. The van der Waals surface area contributed by atoms with Crippen LogP contribution < -0.4 is 10.0 Å². The number of hydrogen-bond donors (Lipinski definition) is 2. The van der Waals surface area contributed by atoms with Crippen molar-refractivity contribution in [2.24, 2.45) is 12.5 Å². The summed E-state index contributed by atoms with van der Waals surface area (Å²) in [5, 5.41) is 6.96. The summed E-state index contributed by atoms with van der Waals surface area (Å²) in [6.45, 7) is 5.65. The smallest absolute Gasteiger partial charge is 0.220 e. The van der Waals surface area contributed by atoms with Crippen molar-refractivity contribution >= 4 is 15.9 Å². The molecule has 1 aliphatic rings. The first-order valence-electron chi connectivity index (χ1n) is 7.35. The second-order valence-electron chi connectivity index (χ2n) is 7.01. The zero-order valence-electron chi connectivity index (χ0n) is 13.5. The maximum Gasteiger partial charge on any atom is 0.220 e. The minimum Gasteiger partial charge on any atom is -0.346 e. The Morgan fingerprint density at radius 2 is 2.14 bits per heavy atom. The van der Waals surface area contributed by atoms with Crippen molar-refractivity contribution in [1.29, 1.82) is 0 Å². The molecule has 2 heterocycles. The molecule has 2 N–H and O–H groups in total. The van der Waals surface area contributed by atoms with Crippen LogP contribution in [0.5, 0.6) is 0 Å². The van der Waals surface area contributed by atoms with Gasteiger partial charge in [-0.05, 0) is 17.9 Å². The molecule has 0 aliphatic carbocycles. The molecule has 0 radical (unpaired) electrons. The molecule has 22 heavy (non-hydrogen) atoms. The Hall–Kier alpha value is -1.41. The number of aryl methyl sites for hydroxylation is 1. The number of carbonyl (C=O) groups excluding carboxylic acids is 1. The fourth-order valence-electron chi connectivity index (χ4n) is 2.74. The number of rotatable bonds is 4. The minimum atomic E-state index is -3.42. The van der Waals surface area contributed by atoms with E-state index in [1.807, 2.05) is 20.8 Å². The van der Waals surface area contributed by atoms with Crippen molar-refractivity contribution in [3.63, 3.8) is 0 Å². The van der Waals surface area contributed by atoms with Gasteiger partial charge < -0.3 is 5.32 Å². The topological polar surface area (TPSA) is 93.1 Å². The summed E-state index contributed by atoms with van der Waals surface area (Å²) >= 11 is 0. The highest BCUT2D eigenvalue weighted by molar-refractivity contribution is 7.89. The van der Waals surface area contributed by atoms with Crippen LogP contribution >= 0.6 is 0 Å². The lowest BCUT2D eigenvalue weighted by Crippen LogP contribution is -2.51. The average molecular weight is 328 g/mol. The number of amides is 1. The van der Waals surface area contributed by atoms with Crippen LogP contribution in [-0.2, 0) is 21.9 Å². The summed E-state index contributed by atoms with van der Waals surface area (Å²) < 4.78 is 29.1. The van der Waals surface area contributed by atoms with Crippen molar-refractivity contribution in [2.75, 3.05) is 5.75 Å². The normalized spacial score (nSPS) is 23.4. The van der Waals surface area contributed by atoms with Crippen LogP contribution in [0.3, 0.4) is 0 Å². The summed E-state index contributed by atoms with van der Waals surface area (Å²) in [6.07, 6.45) is 2.43. The van der Waals surface area contributed by atoms with Crippen LogP contribution in [0.15, 0.2) is 12.3 Å². The number of hydrogen-bond acceptors (Lipinski definition) is 4. The van der Waals surface area contributed by atoms with Crippen molar-refractivity contribution in [3.8, 4) is 0 Å². The molecule has 1 fully saturated rings. The number of nitrogens with one attached hydrogen (secondary N) is 2. The van der Waals surface area contributed by atoms with Crippen LogP contribution in [0.2, 0.25) is 0 Å². The predicted molar refractivity (Wildman–Crippen MR) is 83.5 cm³/mol. The lowest BCUT2D eigenvalue weighted by molar-refractivity contribution is -0.123. The molecule has 0 unspecified atom stereocenters. The number of piperidine rings is 1. The van der Waals surface area contributed by atoms with Crippen molar-refractivity contribution in [1.82, 2.24) is 19.8 Å². The van der Waals surface area contributed by atoms with E-state index in [1.165, 1.54) is 0 Å². The largest absolute Gasteiger partial charge is 0.346 e. The quantitative estimate of drug-likeness (QED) is 0.851. The molecule has 0 spiro atoms. The lowest BCUT2D eigenvalue weighted by atomic mass is 9.96. The highest BCUT2D eigenvalue weighted by Crippen LogP contribution is 2.25. The third-order valence-electron chi connectivity index (χ3n) is 3.53. The van der Waals surface area contributed by atoms with E-state index in [-0.39, 0.29) is 23.1 Å². The number of sulfonamides is 1. The summed E-state index contributed by atoms with van der Waals surface area (Å²) in [7, 11) is -1.65. The molecule has 0 bridgehead atoms. The van der Waals surface area contributed by atoms with Gasteiger partial charge in [-0.3, -0.25) is 9.48 Å². The Balaban J connectivity index is 2.20. The van der Waals surface area contributed by atoms with Crippen LogP contribution in [0.4, 0.5) is 0 Å². The Kier molecular flexibility index (Phi) is 4.62. The van der Waals surface area contributed by atoms with E-state index in [2.05, 4.69) is 15.1 Å². The standard InChI is InChI=1S/C14H24N4O3S/c1-14(2,3)9-22(20,21)17-10-5-6-12(19)16-13(10)11-7-8-15-18(11)4/h7-8,10,13,17H,5-6,9H2,1-4H3,(H,16,19)/t10-,13-/m1/s1. The first-order valence-corrected chi connectivity index (χ1v) is 9.00. The molecule has 1 saturated heterocycles. The number of carbonyl (C=O) groups is 1. The molecular weight excluding hydrogens is 304 g/mol. The zero-order chi connectivity index (χ0) is 16.5. The fourth-order valence-corrected chi connectivity index (χ4v) is 4.68. The average Bonchev–Trinajstić information content (AvgIpc) is 2.74. The third kappa shape index (κ3) is 4.30. The Labute approximate surface area is 131 Å². The van der Waals surface area contributed by atoms with Crippen LogP contribution in [0.25, 0.3) is 0 Å². The van der Waals surface area contributed by atoms with Crippen LogP contribution in [0.1, 0.15) is 45.3 Å². The summed E-state index contributed by atoms with van der Waals surface area (Å²) in [6, 6.07) is 1.03. The second kappa shape index (κ2) is 6.00. The SMILES string of the molecule is Cn1nccc1[C@@H]1NC(=O)CC[C@H]1NS(=O)(=O)CC(C)(C)C. The Morgan fingerprint density at radius 3 is 2.68 bits per heavy atom. The molecule has 1 aromatic heterocycles. The first kappa shape index (κ1) is 17.0. The van der Waals surface area contributed by atoms with Crippen molar-refractivity contribution < 1.29 is 13.2 Å². The molecule has 1 aliphatic heterocycles. The molecule has 8 heteroatoms. The molecule has 7 nitrogen and oxygen atoms in total. The van der Waals surface area contributed by atoms with E-state index < -0.39 is 16.1 Å². The fraction of sp³-hybridized carbons (Fsp3) is 0.714. The van der Waals surface area contributed by atoms with Gasteiger partial charge >= 0.3 is 0 Å². The maximum atomic E-state index is 12.3. The van der Waals surface area contributed by atoms with E-state index in [4.69, 9.17) is 0 Å².